The SMILES string of the molecule is COC(=O)C(Cc1cc(O[Si](C(C)C)(C(C)C)C(C)C)ccc1OCc1ccnc(-c2ccccc2OC)n1)Oc1ncnc2sc(-c3ccc(F)cc3)c(Br)c12. The van der Waals surface area contributed by atoms with Gasteiger partial charge in [-0.15, -0.1) is 11.3 Å². The van der Waals surface area contributed by atoms with Gasteiger partial charge in [0.05, 0.1) is 40.2 Å². The zero-order chi connectivity index (χ0) is 40.9. The molecule has 6 rings (SSSR count). The molecule has 0 saturated heterocycles. The summed E-state index contributed by atoms with van der Waals surface area (Å²) in [4.78, 5) is 33.2. The van der Waals surface area contributed by atoms with Crippen molar-refractivity contribution < 1.29 is 32.6 Å². The first kappa shape index (κ1) is 41.7. The van der Waals surface area contributed by atoms with Gasteiger partial charge in [-0.2, -0.15) is 0 Å². The molecule has 1 atom stereocenters. The number of thiophene rings is 1. The lowest BCUT2D eigenvalue weighted by atomic mass is 10.1. The fourth-order valence-corrected chi connectivity index (χ4v) is 14.7. The van der Waals surface area contributed by atoms with E-state index in [9.17, 15) is 9.18 Å². The molecule has 0 spiro atoms. The number of hydrogen-bond acceptors (Lipinski definition) is 11. The maximum absolute atomic E-state index is 13.8. The smallest absolute Gasteiger partial charge is 0.347 e. The van der Waals surface area contributed by atoms with E-state index in [2.05, 4.69) is 72.4 Å². The first-order valence-corrected chi connectivity index (χ1v) is 22.4. The van der Waals surface area contributed by atoms with Gasteiger partial charge in [0, 0.05) is 18.2 Å². The first-order chi connectivity index (χ1) is 27.4. The quantitative estimate of drug-likeness (QED) is 0.0687. The van der Waals surface area contributed by atoms with E-state index < -0.39 is 20.4 Å². The van der Waals surface area contributed by atoms with Gasteiger partial charge in [0.1, 0.15) is 40.8 Å². The molecule has 3 aromatic heterocycles. The van der Waals surface area contributed by atoms with E-state index in [0.717, 1.165) is 16.0 Å². The Kier molecular flexibility index (Phi) is 13.3. The summed E-state index contributed by atoms with van der Waals surface area (Å²) in [7, 11) is 0.577. The predicted octanol–water partition coefficient (Wildman–Crippen LogP) is 11.0. The molecule has 298 valence electrons. The van der Waals surface area contributed by atoms with Gasteiger partial charge < -0.3 is 23.4 Å². The van der Waals surface area contributed by atoms with Gasteiger partial charge in [-0.25, -0.2) is 29.1 Å². The molecule has 1 unspecified atom stereocenters. The van der Waals surface area contributed by atoms with Crippen molar-refractivity contribution in [2.75, 3.05) is 14.2 Å². The van der Waals surface area contributed by atoms with Crippen molar-refractivity contribution in [3.63, 3.8) is 0 Å². The third-order valence-electron chi connectivity index (χ3n) is 10.1. The molecule has 0 aliphatic carbocycles. The van der Waals surface area contributed by atoms with Crippen LogP contribution in [0.1, 0.15) is 52.8 Å². The number of para-hydroxylation sites is 1. The normalized spacial score (nSPS) is 12.3. The molecule has 0 amide bonds. The number of carbonyl (C=O) groups is 1. The van der Waals surface area contributed by atoms with Crippen LogP contribution in [0.25, 0.3) is 32.0 Å². The Bertz CT molecular complexity index is 2320. The number of halogens is 2. The van der Waals surface area contributed by atoms with Gasteiger partial charge in [0.25, 0.3) is 8.32 Å². The summed E-state index contributed by atoms with van der Waals surface area (Å²) >= 11 is 5.11. The predicted molar refractivity (Wildman–Crippen MR) is 227 cm³/mol. The largest absolute Gasteiger partial charge is 0.543 e. The molecule has 57 heavy (non-hydrogen) atoms. The topological polar surface area (TPSA) is 115 Å². The van der Waals surface area contributed by atoms with Crippen molar-refractivity contribution in [3.8, 4) is 45.0 Å². The molecule has 3 heterocycles. The van der Waals surface area contributed by atoms with Crippen molar-refractivity contribution in [1.29, 1.82) is 0 Å². The highest BCUT2D eigenvalue weighted by molar-refractivity contribution is 9.10. The van der Waals surface area contributed by atoms with E-state index >= 15 is 0 Å². The second kappa shape index (κ2) is 18.1. The van der Waals surface area contributed by atoms with Crippen LogP contribution in [0.15, 0.2) is 89.8 Å². The third-order valence-corrected chi connectivity index (χ3v) is 18.3. The molecule has 6 aromatic rings. The summed E-state index contributed by atoms with van der Waals surface area (Å²) in [6, 6.07) is 21.3. The van der Waals surface area contributed by atoms with E-state index in [1.54, 1.807) is 31.5 Å². The van der Waals surface area contributed by atoms with Crippen LogP contribution in [-0.2, 0) is 22.6 Å². The highest BCUT2D eigenvalue weighted by Gasteiger charge is 2.47. The van der Waals surface area contributed by atoms with E-state index in [1.807, 2.05) is 42.5 Å². The summed E-state index contributed by atoms with van der Waals surface area (Å²) < 4.78 is 45.3. The molecule has 0 aliphatic rings. The van der Waals surface area contributed by atoms with Crippen LogP contribution in [0.4, 0.5) is 4.39 Å². The number of hydrogen-bond donors (Lipinski definition) is 0. The number of methoxy groups -OCH3 is 2. The fourth-order valence-electron chi connectivity index (χ4n) is 7.45. The number of aromatic nitrogens is 4. The van der Waals surface area contributed by atoms with Crippen molar-refractivity contribution in [2.24, 2.45) is 0 Å². The van der Waals surface area contributed by atoms with Gasteiger partial charge in [0.2, 0.25) is 12.0 Å². The van der Waals surface area contributed by atoms with Gasteiger partial charge in [-0.3, -0.25) is 0 Å². The first-order valence-electron chi connectivity index (χ1n) is 18.7. The van der Waals surface area contributed by atoms with Crippen LogP contribution in [0.3, 0.4) is 0 Å². The summed E-state index contributed by atoms with van der Waals surface area (Å²) in [5.41, 5.74) is 3.87. The summed E-state index contributed by atoms with van der Waals surface area (Å²) in [5.74, 6) is 1.64. The van der Waals surface area contributed by atoms with E-state index in [-0.39, 0.29) is 24.7 Å². The molecule has 0 N–H and O–H groups in total. The number of rotatable bonds is 16. The third kappa shape index (κ3) is 8.98. The second-order valence-electron chi connectivity index (χ2n) is 14.5. The van der Waals surface area contributed by atoms with Crippen molar-refractivity contribution in [1.82, 2.24) is 19.9 Å². The molecular formula is C43H46BrFN4O6SSi. The number of esters is 1. The summed E-state index contributed by atoms with van der Waals surface area (Å²) in [6.07, 6.45) is 2.01. The van der Waals surface area contributed by atoms with Crippen molar-refractivity contribution in [2.45, 2.75) is 77.3 Å². The summed E-state index contributed by atoms with van der Waals surface area (Å²) in [5, 5.41) is 0.584. The fraction of sp³-hybridized carbons (Fsp3) is 0.326. The number of ether oxygens (including phenoxy) is 4. The molecule has 3 aromatic carbocycles. The van der Waals surface area contributed by atoms with Crippen LogP contribution in [0, 0.1) is 5.82 Å². The van der Waals surface area contributed by atoms with Crippen LogP contribution < -0.4 is 18.6 Å². The van der Waals surface area contributed by atoms with Gasteiger partial charge >= 0.3 is 5.97 Å². The lowest BCUT2D eigenvalue weighted by molar-refractivity contribution is -0.148. The van der Waals surface area contributed by atoms with E-state index in [0.29, 0.717) is 65.6 Å². The Hall–Kier alpha value is -4.92. The van der Waals surface area contributed by atoms with Gasteiger partial charge in [0.15, 0.2) is 5.82 Å². The minimum absolute atomic E-state index is 0.0626. The van der Waals surface area contributed by atoms with Crippen LogP contribution in [0.2, 0.25) is 16.6 Å². The Morgan fingerprint density at radius 1 is 0.877 bits per heavy atom. The number of benzene rings is 3. The summed E-state index contributed by atoms with van der Waals surface area (Å²) in [6.45, 7) is 13.5. The minimum Gasteiger partial charge on any atom is -0.543 e. The molecule has 0 fully saturated rings. The zero-order valence-electron chi connectivity index (χ0n) is 33.2. The molecular weight excluding hydrogens is 828 g/mol. The molecule has 14 heteroatoms. The highest BCUT2D eigenvalue weighted by atomic mass is 79.9. The maximum atomic E-state index is 13.8. The minimum atomic E-state index is -2.35. The number of fused-ring (bicyclic) bond motifs is 1. The highest BCUT2D eigenvalue weighted by Crippen LogP contribution is 2.46. The standard InChI is InChI=1S/C43H46BrFN4O6SSi/c1-25(2)57(26(3)4,27(5)6)55-32-17-18-34(53-23-31-19-20-46-40(49-31)33-11-9-10-12-35(33)51-7)29(21-32)22-36(43(50)52-8)54-41-37-38(44)39(56-42(37)48-24-47-41)28-13-15-30(45)16-14-28/h9-21,24-27,36H,22-23H2,1-8H3. The maximum Gasteiger partial charge on any atom is 0.347 e. The Balaban J connectivity index is 1.37. The van der Waals surface area contributed by atoms with Crippen LogP contribution >= 0.6 is 27.3 Å². The molecule has 0 radical (unpaired) electrons. The number of carbonyl (C=O) groups excluding carboxylic acids is 1. The average molecular weight is 874 g/mol. The molecule has 0 aliphatic heterocycles. The molecule has 10 nitrogen and oxygen atoms in total. The Morgan fingerprint density at radius 3 is 2.28 bits per heavy atom. The lowest BCUT2D eigenvalue weighted by Gasteiger charge is -2.42. The lowest BCUT2D eigenvalue weighted by Crippen LogP contribution is -2.50. The monoisotopic (exact) mass is 872 g/mol. The van der Waals surface area contributed by atoms with Crippen LogP contribution in [-0.4, -0.2) is 54.5 Å². The molecule has 0 saturated carbocycles. The van der Waals surface area contributed by atoms with Gasteiger partial charge in [-0.05, 0) is 86.6 Å². The number of nitrogens with zero attached hydrogens (tertiary/aromatic N) is 4. The van der Waals surface area contributed by atoms with Crippen molar-refractivity contribution >= 4 is 51.8 Å². The van der Waals surface area contributed by atoms with Crippen molar-refractivity contribution in [3.05, 3.63) is 107 Å². The molecule has 0 bridgehead atoms. The van der Waals surface area contributed by atoms with E-state index in [1.165, 1.54) is 36.9 Å². The Labute approximate surface area is 346 Å². The average Bonchev–Trinajstić information content (AvgIpc) is 3.55. The zero-order valence-corrected chi connectivity index (χ0v) is 36.6. The van der Waals surface area contributed by atoms with E-state index in [4.69, 9.17) is 28.4 Å². The second-order valence-corrected chi connectivity index (χ2v) is 21.7. The van der Waals surface area contributed by atoms with Gasteiger partial charge in [-0.1, -0.05) is 65.8 Å². The Morgan fingerprint density at radius 2 is 1.60 bits per heavy atom. The van der Waals surface area contributed by atoms with Crippen LogP contribution in [0.5, 0.6) is 23.1 Å².